The largest absolute Gasteiger partial charge is 0.466 e. The molecule has 0 saturated heterocycles. The number of carbonyl (C=O) groups is 2. The van der Waals surface area contributed by atoms with Gasteiger partial charge < -0.3 is 9.64 Å². The van der Waals surface area contributed by atoms with E-state index in [2.05, 4.69) is 6.08 Å². The molecule has 0 aromatic heterocycles. The topological polar surface area (TPSA) is 46.6 Å². The fourth-order valence-electron chi connectivity index (χ4n) is 2.99. The van der Waals surface area contributed by atoms with Gasteiger partial charge in [-0.2, -0.15) is 0 Å². The highest BCUT2D eigenvalue weighted by molar-refractivity contribution is 6.30. The number of hydrogen-bond acceptors (Lipinski definition) is 3. The minimum atomic E-state index is -0.275. The second-order valence-electron chi connectivity index (χ2n) is 6.22. The predicted molar refractivity (Wildman–Crippen MR) is 99.8 cm³/mol. The van der Waals surface area contributed by atoms with Gasteiger partial charge in [-0.25, -0.2) is 0 Å². The van der Waals surface area contributed by atoms with E-state index >= 15 is 0 Å². The number of allylic oxidation sites excluding steroid dienone is 1. The second kappa shape index (κ2) is 10.2. The number of hydrogen-bond donors (Lipinski definition) is 0. The molecule has 1 aromatic carbocycles. The fourth-order valence-corrected chi connectivity index (χ4v) is 3.18. The Bertz CT molecular complexity index is 627. The van der Waals surface area contributed by atoms with Crippen molar-refractivity contribution in [2.45, 2.75) is 45.4 Å². The van der Waals surface area contributed by atoms with Gasteiger partial charge in [-0.05, 0) is 57.2 Å². The van der Waals surface area contributed by atoms with Gasteiger partial charge in [-0.3, -0.25) is 9.59 Å². The summed E-state index contributed by atoms with van der Waals surface area (Å²) in [4.78, 5) is 26.2. The number of nitrogens with zero attached hydrogens (tertiary/aromatic N) is 1. The van der Waals surface area contributed by atoms with Gasteiger partial charge >= 0.3 is 5.97 Å². The summed E-state index contributed by atoms with van der Waals surface area (Å²) in [5, 5.41) is 0.534. The summed E-state index contributed by atoms with van der Waals surface area (Å²) >= 11 is 6.01. The Hall–Kier alpha value is -1.81. The summed E-state index contributed by atoms with van der Waals surface area (Å²) < 4.78 is 4.98. The lowest BCUT2D eigenvalue weighted by Crippen LogP contribution is -2.34. The highest BCUT2D eigenvalue weighted by Crippen LogP contribution is 2.21. The quantitative estimate of drug-likeness (QED) is 0.500. The van der Waals surface area contributed by atoms with E-state index in [0.29, 0.717) is 30.3 Å². The molecule has 1 aliphatic rings. The van der Waals surface area contributed by atoms with E-state index in [0.717, 1.165) is 19.3 Å². The molecule has 5 heteroatoms. The summed E-state index contributed by atoms with van der Waals surface area (Å²) in [5.74, 6) is -0.369. The van der Waals surface area contributed by atoms with Crippen LogP contribution in [0.2, 0.25) is 5.02 Å². The van der Waals surface area contributed by atoms with E-state index < -0.39 is 0 Å². The van der Waals surface area contributed by atoms with Gasteiger partial charge in [0.15, 0.2) is 0 Å². The molecule has 25 heavy (non-hydrogen) atoms. The van der Waals surface area contributed by atoms with Gasteiger partial charge in [-0.15, -0.1) is 0 Å². The number of benzene rings is 1. The minimum Gasteiger partial charge on any atom is -0.466 e. The van der Waals surface area contributed by atoms with E-state index in [-0.39, 0.29) is 18.3 Å². The molecular weight excluding hydrogens is 338 g/mol. The van der Waals surface area contributed by atoms with Crippen LogP contribution in [0.4, 0.5) is 0 Å². The first kappa shape index (κ1) is 19.5. The molecule has 0 aliphatic heterocycles. The second-order valence-corrected chi connectivity index (χ2v) is 6.65. The van der Waals surface area contributed by atoms with E-state index in [4.69, 9.17) is 16.3 Å². The number of carbonyl (C=O) groups excluding carboxylic acids is 2. The maximum Gasteiger partial charge on any atom is 0.307 e. The minimum absolute atomic E-state index is 0.0943. The van der Waals surface area contributed by atoms with Gasteiger partial charge in [0.1, 0.15) is 0 Å². The fraction of sp³-hybridized carbons (Fsp3) is 0.500. The molecule has 136 valence electrons. The lowest BCUT2D eigenvalue weighted by atomic mass is 9.97. The van der Waals surface area contributed by atoms with Crippen molar-refractivity contribution in [2.24, 2.45) is 0 Å². The molecule has 4 nitrogen and oxygen atoms in total. The van der Waals surface area contributed by atoms with Gasteiger partial charge in [0.2, 0.25) is 0 Å². The SMILES string of the molecule is CCOC(=O)CCN(CCC1=CCCCC1)C(=O)c1cccc(Cl)c1. The number of esters is 1. The monoisotopic (exact) mass is 363 g/mol. The normalized spacial score (nSPS) is 13.9. The van der Waals surface area contributed by atoms with Crippen LogP contribution < -0.4 is 0 Å². The summed E-state index contributed by atoms with van der Waals surface area (Å²) in [7, 11) is 0. The molecule has 0 unspecified atom stereocenters. The van der Waals surface area contributed by atoms with Crippen LogP contribution in [0.5, 0.6) is 0 Å². The number of halogens is 1. The maximum atomic E-state index is 12.8. The Labute approximate surface area is 154 Å². The van der Waals surface area contributed by atoms with Crippen molar-refractivity contribution in [2.75, 3.05) is 19.7 Å². The molecular formula is C20H26ClNO3. The Kier molecular flexibility index (Phi) is 7.99. The van der Waals surface area contributed by atoms with Gasteiger partial charge in [0.05, 0.1) is 13.0 Å². The molecule has 1 aromatic rings. The van der Waals surface area contributed by atoms with Crippen molar-refractivity contribution in [3.05, 3.63) is 46.5 Å². The first-order valence-corrected chi connectivity index (χ1v) is 9.36. The van der Waals surface area contributed by atoms with Crippen LogP contribution in [0.1, 0.15) is 55.8 Å². The number of ether oxygens (including phenoxy) is 1. The summed E-state index contributed by atoms with van der Waals surface area (Å²) in [6.07, 6.45) is 8.05. The molecule has 0 radical (unpaired) electrons. The van der Waals surface area contributed by atoms with Crippen LogP contribution in [-0.2, 0) is 9.53 Å². The number of amides is 1. The van der Waals surface area contributed by atoms with Crippen molar-refractivity contribution in [3.63, 3.8) is 0 Å². The molecule has 2 rings (SSSR count). The maximum absolute atomic E-state index is 12.8. The molecule has 0 heterocycles. The van der Waals surface area contributed by atoms with Crippen LogP contribution in [0.25, 0.3) is 0 Å². The Morgan fingerprint density at radius 2 is 2.08 bits per heavy atom. The number of rotatable bonds is 8. The third-order valence-electron chi connectivity index (χ3n) is 4.34. The summed E-state index contributed by atoms with van der Waals surface area (Å²) in [6.45, 7) is 3.10. The third kappa shape index (κ3) is 6.54. The van der Waals surface area contributed by atoms with Gasteiger partial charge in [0.25, 0.3) is 5.91 Å². The molecule has 0 saturated carbocycles. The first-order valence-electron chi connectivity index (χ1n) is 8.98. The van der Waals surface area contributed by atoms with E-state index in [1.807, 2.05) is 0 Å². The van der Waals surface area contributed by atoms with Crippen LogP contribution in [0.15, 0.2) is 35.9 Å². The lowest BCUT2D eigenvalue weighted by Gasteiger charge is -2.24. The molecule has 1 aliphatic carbocycles. The molecule has 0 N–H and O–H groups in total. The van der Waals surface area contributed by atoms with Gasteiger partial charge in [0, 0.05) is 23.7 Å². The highest BCUT2D eigenvalue weighted by atomic mass is 35.5. The highest BCUT2D eigenvalue weighted by Gasteiger charge is 2.18. The zero-order valence-electron chi connectivity index (χ0n) is 14.8. The van der Waals surface area contributed by atoms with Crippen molar-refractivity contribution < 1.29 is 14.3 Å². The zero-order valence-corrected chi connectivity index (χ0v) is 15.6. The van der Waals surface area contributed by atoms with Crippen molar-refractivity contribution >= 4 is 23.5 Å². The Balaban J connectivity index is 2.03. The Morgan fingerprint density at radius 3 is 2.76 bits per heavy atom. The average molecular weight is 364 g/mol. The molecule has 0 spiro atoms. The van der Waals surface area contributed by atoms with Crippen molar-refractivity contribution in [1.29, 1.82) is 0 Å². The first-order chi connectivity index (χ1) is 12.1. The molecule has 0 atom stereocenters. The van der Waals surface area contributed by atoms with Crippen LogP contribution in [-0.4, -0.2) is 36.5 Å². The third-order valence-corrected chi connectivity index (χ3v) is 4.57. The molecule has 0 fully saturated rings. The smallest absolute Gasteiger partial charge is 0.307 e. The van der Waals surface area contributed by atoms with Crippen molar-refractivity contribution in [3.8, 4) is 0 Å². The molecule has 0 bridgehead atoms. The van der Waals surface area contributed by atoms with Crippen LogP contribution in [0, 0.1) is 0 Å². The summed E-state index contributed by atoms with van der Waals surface area (Å²) in [6, 6.07) is 6.93. The average Bonchev–Trinajstić information content (AvgIpc) is 2.62. The van der Waals surface area contributed by atoms with E-state index in [1.54, 1.807) is 36.1 Å². The predicted octanol–water partition coefficient (Wildman–Crippen LogP) is 4.63. The van der Waals surface area contributed by atoms with Crippen molar-refractivity contribution in [1.82, 2.24) is 4.90 Å². The van der Waals surface area contributed by atoms with E-state index in [9.17, 15) is 9.59 Å². The summed E-state index contributed by atoms with van der Waals surface area (Å²) in [5.41, 5.74) is 1.96. The lowest BCUT2D eigenvalue weighted by molar-refractivity contribution is -0.143. The van der Waals surface area contributed by atoms with Gasteiger partial charge in [-0.1, -0.05) is 29.3 Å². The zero-order chi connectivity index (χ0) is 18.1. The standard InChI is InChI=1S/C20H26ClNO3/c1-2-25-19(23)12-14-22(13-11-16-7-4-3-5-8-16)20(24)17-9-6-10-18(21)15-17/h6-7,9-10,15H,2-5,8,11-14H2,1H3. The van der Waals surface area contributed by atoms with Crippen LogP contribution >= 0.6 is 11.6 Å². The molecule has 1 amide bonds. The van der Waals surface area contributed by atoms with E-state index in [1.165, 1.54) is 18.4 Å². The van der Waals surface area contributed by atoms with Crippen LogP contribution in [0.3, 0.4) is 0 Å². The Morgan fingerprint density at radius 1 is 1.24 bits per heavy atom.